The van der Waals surface area contributed by atoms with Gasteiger partial charge < -0.3 is 9.52 Å². The predicted molar refractivity (Wildman–Crippen MR) is 53.0 cm³/mol. The zero-order valence-corrected chi connectivity index (χ0v) is 8.47. The molecule has 1 aromatic heterocycles. The summed E-state index contributed by atoms with van der Waals surface area (Å²) in [5.74, 6) is 1.85. The van der Waals surface area contributed by atoms with E-state index in [0.29, 0.717) is 5.75 Å². The van der Waals surface area contributed by atoms with Crippen molar-refractivity contribution in [2.75, 3.05) is 0 Å². The van der Waals surface area contributed by atoms with Crippen LogP contribution in [-0.2, 0) is 6.42 Å². The Bertz CT molecular complexity index is 251. The van der Waals surface area contributed by atoms with Crippen molar-refractivity contribution < 1.29 is 9.52 Å². The third-order valence-electron chi connectivity index (χ3n) is 2.17. The zero-order valence-electron chi connectivity index (χ0n) is 8.47. The van der Waals surface area contributed by atoms with E-state index in [1.165, 1.54) is 19.3 Å². The number of hydrogen-bond acceptors (Lipinski definition) is 2. The Labute approximate surface area is 79.6 Å². The molecule has 0 aliphatic carbocycles. The van der Waals surface area contributed by atoms with Gasteiger partial charge in [-0.2, -0.15) is 0 Å². The highest BCUT2D eigenvalue weighted by atomic mass is 16.4. The van der Waals surface area contributed by atoms with Crippen LogP contribution in [0.2, 0.25) is 0 Å². The number of aryl methyl sites for hydroxylation is 2. The Kier molecular flexibility index (Phi) is 3.87. The molecule has 0 aliphatic rings. The lowest BCUT2D eigenvalue weighted by atomic mass is 10.1. The van der Waals surface area contributed by atoms with Crippen LogP contribution in [0.25, 0.3) is 0 Å². The Morgan fingerprint density at radius 3 is 2.62 bits per heavy atom. The van der Waals surface area contributed by atoms with Crippen LogP contribution in [0.15, 0.2) is 10.5 Å². The normalized spacial score (nSPS) is 10.6. The number of rotatable bonds is 5. The molecule has 0 saturated carbocycles. The summed E-state index contributed by atoms with van der Waals surface area (Å²) in [6, 6.07) is 1.68. The van der Waals surface area contributed by atoms with Gasteiger partial charge in [0, 0.05) is 12.5 Å². The molecule has 13 heavy (non-hydrogen) atoms. The van der Waals surface area contributed by atoms with Gasteiger partial charge in [0.25, 0.3) is 0 Å². The van der Waals surface area contributed by atoms with E-state index >= 15 is 0 Å². The van der Waals surface area contributed by atoms with Gasteiger partial charge in [0.1, 0.15) is 11.5 Å². The van der Waals surface area contributed by atoms with Gasteiger partial charge in [-0.1, -0.05) is 26.2 Å². The molecule has 0 aromatic carbocycles. The number of aromatic hydroxyl groups is 1. The summed E-state index contributed by atoms with van der Waals surface area (Å²) in [6.07, 6.45) is 5.69. The van der Waals surface area contributed by atoms with Crippen LogP contribution in [0.1, 0.15) is 44.1 Å². The molecule has 2 heteroatoms. The van der Waals surface area contributed by atoms with Crippen molar-refractivity contribution in [2.45, 2.75) is 46.0 Å². The average molecular weight is 182 g/mol. The molecule has 1 rings (SSSR count). The molecule has 1 heterocycles. The van der Waals surface area contributed by atoms with E-state index < -0.39 is 0 Å². The van der Waals surface area contributed by atoms with Gasteiger partial charge in [-0.25, -0.2) is 0 Å². The van der Waals surface area contributed by atoms with E-state index in [1.807, 2.05) is 6.92 Å². The number of hydrogen-bond donors (Lipinski definition) is 1. The first-order valence-corrected chi connectivity index (χ1v) is 5.02. The minimum absolute atomic E-state index is 0.314. The highest BCUT2D eigenvalue weighted by Gasteiger charge is 2.06. The fourth-order valence-corrected chi connectivity index (χ4v) is 1.44. The largest absolute Gasteiger partial charge is 0.504 e. The van der Waals surface area contributed by atoms with E-state index in [-0.39, 0.29) is 0 Å². The van der Waals surface area contributed by atoms with Crippen molar-refractivity contribution in [3.8, 4) is 5.75 Å². The molecule has 0 amide bonds. The molecule has 0 unspecified atom stereocenters. The topological polar surface area (TPSA) is 33.4 Å². The second-order valence-corrected chi connectivity index (χ2v) is 3.48. The fourth-order valence-electron chi connectivity index (χ4n) is 1.44. The van der Waals surface area contributed by atoms with E-state index in [2.05, 4.69) is 6.92 Å². The molecule has 0 spiro atoms. The summed E-state index contributed by atoms with van der Waals surface area (Å²) >= 11 is 0. The SMILES string of the molecule is CCCCCCc1oc(C)cc1O. The Morgan fingerprint density at radius 1 is 1.31 bits per heavy atom. The van der Waals surface area contributed by atoms with Crippen LogP contribution in [0.3, 0.4) is 0 Å². The van der Waals surface area contributed by atoms with Gasteiger partial charge in [-0.05, 0) is 13.3 Å². The summed E-state index contributed by atoms with van der Waals surface area (Å²) in [5.41, 5.74) is 0. The molecule has 74 valence electrons. The van der Waals surface area contributed by atoms with Gasteiger partial charge in [0.15, 0.2) is 5.75 Å². The molecule has 0 bridgehead atoms. The van der Waals surface area contributed by atoms with Crippen LogP contribution in [0, 0.1) is 6.92 Å². The summed E-state index contributed by atoms with van der Waals surface area (Å²) in [4.78, 5) is 0. The summed E-state index contributed by atoms with van der Waals surface area (Å²) < 4.78 is 5.34. The van der Waals surface area contributed by atoms with Crippen molar-refractivity contribution in [3.63, 3.8) is 0 Å². The molecule has 1 aromatic rings. The maximum Gasteiger partial charge on any atom is 0.157 e. The van der Waals surface area contributed by atoms with Crippen molar-refractivity contribution in [2.24, 2.45) is 0 Å². The van der Waals surface area contributed by atoms with Gasteiger partial charge in [-0.15, -0.1) is 0 Å². The Hall–Kier alpha value is -0.920. The molecule has 0 saturated heterocycles. The summed E-state index contributed by atoms with van der Waals surface area (Å²) in [7, 11) is 0. The van der Waals surface area contributed by atoms with Gasteiger partial charge in [0.2, 0.25) is 0 Å². The minimum Gasteiger partial charge on any atom is -0.504 e. The number of furan rings is 1. The second-order valence-electron chi connectivity index (χ2n) is 3.48. The first kappa shape index (κ1) is 10.2. The lowest BCUT2D eigenvalue weighted by Gasteiger charge is -1.97. The van der Waals surface area contributed by atoms with Crippen LogP contribution in [-0.4, -0.2) is 5.11 Å². The maximum atomic E-state index is 9.39. The van der Waals surface area contributed by atoms with Gasteiger partial charge in [0.05, 0.1) is 0 Å². The van der Waals surface area contributed by atoms with Gasteiger partial charge >= 0.3 is 0 Å². The third-order valence-corrected chi connectivity index (χ3v) is 2.17. The molecule has 0 aliphatic heterocycles. The second kappa shape index (κ2) is 4.95. The van der Waals surface area contributed by atoms with Crippen LogP contribution < -0.4 is 0 Å². The molecule has 0 fully saturated rings. The lowest BCUT2D eigenvalue weighted by molar-refractivity contribution is 0.418. The summed E-state index contributed by atoms with van der Waals surface area (Å²) in [6.45, 7) is 4.05. The minimum atomic E-state index is 0.314. The Balaban J connectivity index is 2.32. The molecule has 2 nitrogen and oxygen atoms in total. The van der Waals surface area contributed by atoms with E-state index in [9.17, 15) is 5.11 Å². The molecule has 1 N–H and O–H groups in total. The van der Waals surface area contributed by atoms with Crippen molar-refractivity contribution in [3.05, 3.63) is 17.6 Å². The van der Waals surface area contributed by atoms with Crippen molar-refractivity contribution in [1.29, 1.82) is 0 Å². The van der Waals surface area contributed by atoms with Crippen molar-refractivity contribution >= 4 is 0 Å². The summed E-state index contributed by atoms with van der Waals surface area (Å²) in [5, 5.41) is 9.39. The monoisotopic (exact) mass is 182 g/mol. The van der Waals surface area contributed by atoms with Crippen LogP contribution in [0.4, 0.5) is 0 Å². The quantitative estimate of drug-likeness (QED) is 0.708. The average Bonchev–Trinajstić information content (AvgIpc) is 2.39. The maximum absolute atomic E-state index is 9.39. The van der Waals surface area contributed by atoms with E-state index in [4.69, 9.17) is 4.42 Å². The standard InChI is InChI=1S/C11H18O2/c1-3-4-5-6-7-11-10(12)8-9(2)13-11/h8,12H,3-7H2,1-2H3. The smallest absolute Gasteiger partial charge is 0.157 e. The first-order valence-electron chi connectivity index (χ1n) is 5.02. The van der Waals surface area contributed by atoms with Crippen LogP contribution in [0.5, 0.6) is 5.75 Å². The van der Waals surface area contributed by atoms with E-state index in [0.717, 1.165) is 24.4 Å². The molecular formula is C11H18O2. The first-order chi connectivity index (χ1) is 6.24. The van der Waals surface area contributed by atoms with E-state index in [1.54, 1.807) is 6.07 Å². The third kappa shape index (κ3) is 3.13. The fraction of sp³-hybridized carbons (Fsp3) is 0.636. The van der Waals surface area contributed by atoms with Crippen molar-refractivity contribution in [1.82, 2.24) is 0 Å². The van der Waals surface area contributed by atoms with Crippen LogP contribution >= 0.6 is 0 Å². The highest BCUT2D eigenvalue weighted by Crippen LogP contribution is 2.23. The Morgan fingerprint density at radius 2 is 2.08 bits per heavy atom. The molecular weight excluding hydrogens is 164 g/mol. The molecule has 0 radical (unpaired) electrons. The zero-order chi connectivity index (χ0) is 9.68. The predicted octanol–water partition coefficient (Wildman–Crippen LogP) is 3.42. The molecule has 0 atom stereocenters. The lowest BCUT2D eigenvalue weighted by Crippen LogP contribution is -1.83. The number of unbranched alkanes of at least 4 members (excludes halogenated alkanes) is 3. The highest BCUT2D eigenvalue weighted by molar-refractivity contribution is 5.26. The van der Waals surface area contributed by atoms with Gasteiger partial charge in [-0.3, -0.25) is 0 Å².